The van der Waals surface area contributed by atoms with Crippen molar-refractivity contribution in [3.8, 4) is 0 Å². The number of aromatic nitrogens is 3. The molecule has 0 spiro atoms. The molecular weight excluding hydrogens is 395 g/mol. The summed E-state index contributed by atoms with van der Waals surface area (Å²) in [5.41, 5.74) is 2.04. The van der Waals surface area contributed by atoms with Crippen LogP contribution in [0.2, 0.25) is 0 Å². The van der Waals surface area contributed by atoms with Crippen LogP contribution in [0, 0.1) is 12.7 Å². The van der Waals surface area contributed by atoms with E-state index in [-0.39, 0.29) is 29.6 Å². The molecule has 9 heteroatoms. The molecule has 0 saturated carbocycles. The maximum absolute atomic E-state index is 13.0. The molecule has 4 rings (SSSR count). The van der Waals surface area contributed by atoms with E-state index in [4.69, 9.17) is 4.42 Å². The third kappa shape index (κ3) is 4.24. The summed E-state index contributed by atoms with van der Waals surface area (Å²) in [5.74, 6) is -0.0184. The average molecular weight is 412 g/mol. The average Bonchev–Trinajstić information content (AvgIpc) is 3.33. The van der Waals surface area contributed by atoms with Crippen LogP contribution in [0.3, 0.4) is 0 Å². The predicted molar refractivity (Wildman–Crippen MR) is 109 cm³/mol. The molecule has 3 heterocycles. The van der Waals surface area contributed by atoms with Gasteiger partial charge in [-0.2, -0.15) is 0 Å². The lowest BCUT2D eigenvalue weighted by molar-refractivity contribution is -0.113. The van der Waals surface area contributed by atoms with Crippen molar-refractivity contribution in [3.63, 3.8) is 0 Å². The van der Waals surface area contributed by atoms with Crippen molar-refractivity contribution in [2.75, 3.05) is 11.1 Å². The van der Waals surface area contributed by atoms with Crippen molar-refractivity contribution in [1.82, 2.24) is 14.5 Å². The number of aromatic amines is 1. The minimum absolute atomic E-state index is 0.0386. The molecule has 0 unspecified atom stereocenters. The highest BCUT2D eigenvalue weighted by atomic mass is 32.2. The van der Waals surface area contributed by atoms with E-state index >= 15 is 0 Å². The van der Waals surface area contributed by atoms with Crippen molar-refractivity contribution in [2.24, 2.45) is 0 Å². The second kappa shape index (κ2) is 7.96. The van der Waals surface area contributed by atoms with E-state index in [0.717, 1.165) is 17.5 Å². The number of thioether (sulfide) groups is 1. The number of nitrogens with one attached hydrogen (secondary N) is 2. The summed E-state index contributed by atoms with van der Waals surface area (Å²) >= 11 is 1.15. The van der Waals surface area contributed by atoms with Gasteiger partial charge in [0, 0.05) is 11.4 Å². The lowest BCUT2D eigenvalue weighted by atomic mass is 10.3. The number of benzene rings is 1. The van der Waals surface area contributed by atoms with Crippen molar-refractivity contribution < 1.29 is 13.6 Å². The fourth-order valence-corrected chi connectivity index (χ4v) is 3.68. The minimum atomic E-state index is -0.376. The SMILES string of the molecule is Cc1cc2nc(SCC(=O)Nc3ccc(F)cc3)n(Cc3ccco3)c(=O)c2[nH]1. The third-order valence-corrected chi connectivity index (χ3v) is 5.17. The fourth-order valence-electron chi connectivity index (χ4n) is 2.88. The number of hydrogen-bond donors (Lipinski definition) is 2. The lowest BCUT2D eigenvalue weighted by Gasteiger charge is -2.11. The number of nitrogens with zero attached hydrogens (tertiary/aromatic N) is 2. The summed E-state index contributed by atoms with van der Waals surface area (Å²) in [6, 6.07) is 10.8. The second-order valence-corrected chi connectivity index (χ2v) is 7.36. The van der Waals surface area contributed by atoms with E-state index in [2.05, 4.69) is 15.3 Å². The van der Waals surface area contributed by atoms with Crippen molar-refractivity contribution in [1.29, 1.82) is 0 Å². The number of H-pyrrole nitrogens is 1. The van der Waals surface area contributed by atoms with Crippen LogP contribution in [0.25, 0.3) is 11.0 Å². The molecule has 0 aliphatic rings. The highest BCUT2D eigenvalue weighted by Crippen LogP contribution is 2.20. The van der Waals surface area contributed by atoms with Crippen LogP contribution >= 0.6 is 11.8 Å². The minimum Gasteiger partial charge on any atom is -0.467 e. The summed E-state index contributed by atoms with van der Waals surface area (Å²) in [6.45, 7) is 2.05. The highest BCUT2D eigenvalue weighted by Gasteiger charge is 2.16. The number of furan rings is 1. The molecular formula is C20H17FN4O3S. The molecule has 148 valence electrons. The molecule has 1 aromatic carbocycles. The number of halogens is 1. The molecule has 0 aliphatic carbocycles. The fraction of sp³-hybridized carbons (Fsp3) is 0.150. The Labute approximate surface area is 169 Å². The van der Waals surface area contributed by atoms with Crippen molar-refractivity contribution >= 4 is 34.4 Å². The Morgan fingerprint density at radius 2 is 2.10 bits per heavy atom. The smallest absolute Gasteiger partial charge is 0.278 e. The molecule has 0 saturated heterocycles. The Morgan fingerprint density at radius 1 is 1.31 bits per heavy atom. The van der Waals surface area contributed by atoms with E-state index in [0.29, 0.717) is 27.6 Å². The molecule has 0 aliphatic heterocycles. The topological polar surface area (TPSA) is 92.9 Å². The summed E-state index contributed by atoms with van der Waals surface area (Å²) in [6.07, 6.45) is 1.54. The normalized spacial score (nSPS) is 11.1. The number of rotatable bonds is 6. The zero-order valence-corrected chi connectivity index (χ0v) is 16.3. The Balaban J connectivity index is 1.58. The number of hydrogen-bond acceptors (Lipinski definition) is 5. The summed E-state index contributed by atoms with van der Waals surface area (Å²) in [7, 11) is 0. The van der Waals surface area contributed by atoms with Crippen molar-refractivity contribution in [2.45, 2.75) is 18.6 Å². The van der Waals surface area contributed by atoms with Gasteiger partial charge in [-0.15, -0.1) is 0 Å². The first-order valence-corrected chi connectivity index (χ1v) is 9.79. The van der Waals surface area contributed by atoms with Gasteiger partial charge >= 0.3 is 0 Å². The van der Waals surface area contributed by atoms with Gasteiger partial charge in [0.25, 0.3) is 5.56 Å². The molecule has 3 aromatic heterocycles. The van der Waals surface area contributed by atoms with E-state index in [9.17, 15) is 14.0 Å². The maximum atomic E-state index is 13.0. The van der Waals surface area contributed by atoms with Crippen molar-refractivity contribution in [3.05, 3.63) is 76.4 Å². The summed E-state index contributed by atoms with van der Waals surface area (Å²) < 4.78 is 19.8. The number of aryl methyl sites for hydroxylation is 1. The van der Waals surface area contributed by atoms with Gasteiger partial charge in [-0.3, -0.25) is 14.2 Å². The van der Waals surface area contributed by atoms with E-state index in [1.165, 1.54) is 35.1 Å². The molecule has 0 atom stereocenters. The van der Waals surface area contributed by atoms with Crippen LogP contribution in [-0.4, -0.2) is 26.2 Å². The Hall–Kier alpha value is -3.33. The van der Waals surface area contributed by atoms with E-state index in [1.807, 2.05) is 6.92 Å². The van der Waals surface area contributed by atoms with Gasteiger partial charge in [0.05, 0.1) is 24.1 Å². The van der Waals surface area contributed by atoms with Gasteiger partial charge in [-0.1, -0.05) is 11.8 Å². The van der Waals surface area contributed by atoms with Gasteiger partial charge in [0.15, 0.2) is 5.16 Å². The molecule has 29 heavy (non-hydrogen) atoms. The second-order valence-electron chi connectivity index (χ2n) is 6.42. The molecule has 0 fully saturated rings. The van der Waals surface area contributed by atoms with Crippen LogP contribution < -0.4 is 10.9 Å². The van der Waals surface area contributed by atoms with Crippen LogP contribution in [0.1, 0.15) is 11.5 Å². The largest absolute Gasteiger partial charge is 0.467 e. The lowest BCUT2D eigenvalue weighted by Crippen LogP contribution is -2.24. The molecule has 0 bridgehead atoms. The van der Waals surface area contributed by atoms with Crippen LogP contribution in [0.5, 0.6) is 0 Å². The van der Waals surface area contributed by atoms with Gasteiger partial charge in [0.1, 0.15) is 17.1 Å². The quantitative estimate of drug-likeness (QED) is 0.373. The van der Waals surface area contributed by atoms with Gasteiger partial charge in [-0.05, 0) is 49.4 Å². The van der Waals surface area contributed by atoms with E-state index < -0.39 is 0 Å². The molecule has 0 radical (unpaired) electrons. The van der Waals surface area contributed by atoms with Crippen LogP contribution in [0.4, 0.5) is 10.1 Å². The molecule has 2 N–H and O–H groups in total. The van der Waals surface area contributed by atoms with Gasteiger partial charge < -0.3 is 14.7 Å². The Kier molecular flexibility index (Phi) is 5.22. The van der Waals surface area contributed by atoms with Crippen LogP contribution in [0.15, 0.2) is 63.1 Å². The summed E-state index contributed by atoms with van der Waals surface area (Å²) in [4.78, 5) is 32.8. The maximum Gasteiger partial charge on any atom is 0.278 e. The van der Waals surface area contributed by atoms with E-state index in [1.54, 1.807) is 18.2 Å². The number of fused-ring (bicyclic) bond motifs is 1. The predicted octanol–water partition coefficient (Wildman–Crippen LogP) is 3.54. The first kappa shape index (κ1) is 19.0. The highest BCUT2D eigenvalue weighted by molar-refractivity contribution is 7.99. The van der Waals surface area contributed by atoms with Gasteiger partial charge in [-0.25, -0.2) is 9.37 Å². The first-order chi connectivity index (χ1) is 14.0. The number of carbonyl (C=O) groups excluding carboxylic acids is 1. The number of amides is 1. The molecule has 4 aromatic rings. The van der Waals surface area contributed by atoms with Gasteiger partial charge in [0.2, 0.25) is 5.91 Å². The number of carbonyl (C=O) groups is 1. The third-order valence-electron chi connectivity index (χ3n) is 4.19. The monoisotopic (exact) mass is 412 g/mol. The standard InChI is InChI=1S/C20H17FN4O3S/c1-12-9-16-18(22-12)19(27)25(10-15-3-2-8-28-15)20(24-16)29-11-17(26)23-14-6-4-13(21)5-7-14/h2-9,22H,10-11H2,1H3,(H,23,26). The zero-order valence-electron chi connectivity index (χ0n) is 15.4. The Bertz CT molecular complexity index is 1210. The Morgan fingerprint density at radius 3 is 2.83 bits per heavy atom. The zero-order chi connectivity index (χ0) is 20.4. The summed E-state index contributed by atoms with van der Waals surface area (Å²) in [5, 5.41) is 3.10. The molecule has 7 nitrogen and oxygen atoms in total. The van der Waals surface area contributed by atoms with Crippen LogP contribution in [-0.2, 0) is 11.3 Å². The molecule has 1 amide bonds. The number of anilines is 1. The first-order valence-electron chi connectivity index (χ1n) is 8.80.